The lowest BCUT2D eigenvalue weighted by atomic mass is 9.73. The lowest BCUT2D eigenvalue weighted by molar-refractivity contribution is 0.0339. The maximum absolute atomic E-state index is 15.1. The number of ether oxygens (including phenoxy) is 4. The number of amides is 1. The fraction of sp³-hybridized carbons (Fsp3) is 0.435. The first-order valence-electron chi connectivity index (χ1n) is 11.0. The Bertz CT molecular complexity index is 1150. The molecule has 9 nitrogen and oxygen atoms in total. The van der Waals surface area contributed by atoms with E-state index >= 15 is 4.39 Å². The number of halogens is 2. The van der Waals surface area contributed by atoms with Crippen LogP contribution in [-0.4, -0.2) is 55.6 Å². The number of aliphatic imine (C=N–C) groups is 1. The zero-order valence-corrected chi connectivity index (χ0v) is 18.4. The number of nitrogens with two attached hydrogens (primary N) is 1. The number of aromatic nitrogens is 1. The summed E-state index contributed by atoms with van der Waals surface area (Å²) in [6, 6.07) is 5.15. The minimum absolute atomic E-state index is 0.0341. The molecule has 0 saturated carbocycles. The maximum Gasteiger partial charge on any atom is 0.283 e. The van der Waals surface area contributed by atoms with Crippen molar-refractivity contribution in [2.75, 3.05) is 31.8 Å². The van der Waals surface area contributed by atoms with Crippen LogP contribution in [-0.2, 0) is 15.0 Å². The predicted octanol–water partition coefficient (Wildman–Crippen LogP) is 2.55. The van der Waals surface area contributed by atoms with Gasteiger partial charge >= 0.3 is 0 Å². The Morgan fingerprint density at radius 2 is 2.06 bits per heavy atom. The van der Waals surface area contributed by atoms with Gasteiger partial charge in [-0.3, -0.25) is 4.79 Å². The first-order chi connectivity index (χ1) is 16.4. The van der Waals surface area contributed by atoms with Gasteiger partial charge < -0.3 is 30.0 Å². The molecule has 1 fully saturated rings. The third-order valence-corrected chi connectivity index (χ3v) is 6.37. The lowest BCUT2D eigenvalue weighted by Gasteiger charge is -2.41. The molecule has 1 amide bonds. The number of carbonyl (C=O) groups excluding carboxylic acids is 1. The summed E-state index contributed by atoms with van der Waals surface area (Å²) in [7, 11) is 0. The molecule has 4 heterocycles. The van der Waals surface area contributed by atoms with E-state index in [0.717, 1.165) is 6.07 Å². The molecule has 1 aromatic carbocycles. The van der Waals surface area contributed by atoms with Crippen LogP contribution in [0.25, 0.3) is 0 Å². The second kappa shape index (κ2) is 8.71. The summed E-state index contributed by atoms with van der Waals surface area (Å²) >= 11 is 0. The molecule has 0 unspecified atom stereocenters. The van der Waals surface area contributed by atoms with Gasteiger partial charge in [-0.15, -0.1) is 0 Å². The number of nitrogens with one attached hydrogen (secondary N) is 1. The van der Waals surface area contributed by atoms with Crippen LogP contribution in [0.1, 0.15) is 29.4 Å². The Balaban J connectivity index is 1.48. The number of fused-ring (bicyclic) bond motifs is 2. The number of nitrogens with zero attached hydrogens (tertiary/aromatic N) is 2. The summed E-state index contributed by atoms with van der Waals surface area (Å²) in [6.07, 6.45) is 1.02. The van der Waals surface area contributed by atoms with Gasteiger partial charge in [-0.2, -0.15) is 0 Å². The zero-order valence-electron chi connectivity index (χ0n) is 18.4. The first kappa shape index (κ1) is 22.3. The molecule has 4 atom stereocenters. The van der Waals surface area contributed by atoms with Gasteiger partial charge in [0.1, 0.15) is 43.0 Å². The van der Waals surface area contributed by atoms with Crippen molar-refractivity contribution in [1.82, 2.24) is 4.98 Å². The van der Waals surface area contributed by atoms with E-state index in [1.807, 2.05) is 6.92 Å². The van der Waals surface area contributed by atoms with E-state index in [1.165, 1.54) is 24.4 Å². The summed E-state index contributed by atoms with van der Waals surface area (Å²) in [5, 5.41) is 2.68. The molecule has 5 rings (SSSR count). The Labute approximate surface area is 194 Å². The number of hydrogen-bond acceptors (Lipinski definition) is 8. The van der Waals surface area contributed by atoms with Crippen molar-refractivity contribution in [2.24, 2.45) is 16.6 Å². The number of benzene rings is 1. The number of hydrogen-bond donors (Lipinski definition) is 2. The predicted molar refractivity (Wildman–Crippen MR) is 117 cm³/mol. The first-order valence-corrected chi connectivity index (χ1v) is 11.0. The molecule has 0 spiro atoms. The molecule has 180 valence electrons. The van der Waals surface area contributed by atoms with Crippen LogP contribution in [0, 0.1) is 11.7 Å². The average molecular weight is 474 g/mol. The highest BCUT2D eigenvalue weighted by Crippen LogP contribution is 2.48. The Kier molecular flexibility index (Phi) is 5.72. The minimum atomic E-state index is -1.65. The number of rotatable bonds is 5. The van der Waals surface area contributed by atoms with Crippen molar-refractivity contribution in [1.29, 1.82) is 0 Å². The molecule has 0 aliphatic carbocycles. The minimum Gasteiger partial charge on any atom is -0.486 e. The standard InChI is InChI=1S/C23H24F2N4O5/c1-2-16-20-19(10-33-16)34-22(26)29-23(20,11-24)13-7-12(3-4-14(13)25)28-21(30)15-8-17-18(9-27-15)32-6-5-31-17/h3-4,7-9,16,19-20H,2,5-6,10-11H2,1H3,(H2,26,29)(H,28,30)/t16-,19+,20-,23+/m0/s1. The molecule has 34 heavy (non-hydrogen) atoms. The summed E-state index contributed by atoms with van der Waals surface area (Å²) in [5.41, 5.74) is 4.49. The van der Waals surface area contributed by atoms with Crippen molar-refractivity contribution in [3.8, 4) is 11.5 Å². The maximum atomic E-state index is 15.1. The smallest absolute Gasteiger partial charge is 0.283 e. The quantitative estimate of drug-likeness (QED) is 0.684. The van der Waals surface area contributed by atoms with Crippen molar-refractivity contribution in [2.45, 2.75) is 31.1 Å². The highest BCUT2D eigenvalue weighted by Gasteiger charge is 2.57. The summed E-state index contributed by atoms with van der Waals surface area (Å²) in [6.45, 7) is 1.84. The summed E-state index contributed by atoms with van der Waals surface area (Å²) in [5.74, 6) is -0.952. The number of amidine groups is 1. The van der Waals surface area contributed by atoms with Gasteiger partial charge in [-0.05, 0) is 24.6 Å². The molecule has 1 saturated heterocycles. The highest BCUT2D eigenvalue weighted by atomic mass is 19.1. The van der Waals surface area contributed by atoms with Crippen LogP contribution in [0.4, 0.5) is 14.5 Å². The largest absolute Gasteiger partial charge is 0.486 e. The molecule has 3 aliphatic heterocycles. The molecule has 3 N–H and O–H groups in total. The Hall–Kier alpha value is -3.47. The van der Waals surface area contributed by atoms with Crippen LogP contribution >= 0.6 is 0 Å². The Morgan fingerprint density at radius 1 is 1.26 bits per heavy atom. The van der Waals surface area contributed by atoms with Crippen molar-refractivity contribution in [3.63, 3.8) is 0 Å². The van der Waals surface area contributed by atoms with Gasteiger partial charge in [0, 0.05) is 17.3 Å². The zero-order chi connectivity index (χ0) is 23.9. The molecule has 0 radical (unpaired) electrons. The molecular formula is C23H24F2N4O5. The van der Waals surface area contributed by atoms with Crippen molar-refractivity contribution in [3.05, 3.63) is 47.5 Å². The van der Waals surface area contributed by atoms with Gasteiger partial charge in [0.2, 0.25) is 0 Å². The molecule has 2 aromatic rings. The molecule has 0 bridgehead atoms. The number of anilines is 1. The van der Waals surface area contributed by atoms with Crippen LogP contribution < -0.4 is 20.5 Å². The van der Waals surface area contributed by atoms with Gasteiger partial charge in [0.05, 0.1) is 24.8 Å². The van der Waals surface area contributed by atoms with Crippen LogP contribution in [0.3, 0.4) is 0 Å². The van der Waals surface area contributed by atoms with E-state index in [1.54, 1.807) is 0 Å². The van der Waals surface area contributed by atoms with Crippen LogP contribution in [0.2, 0.25) is 0 Å². The van der Waals surface area contributed by atoms with E-state index in [4.69, 9.17) is 24.7 Å². The van der Waals surface area contributed by atoms with Crippen LogP contribution in [0.5, 0.6) is 11.5 Å². The average Bonchev–Trinajstić information content (AvgIpc) is 3.27. The highest BCUT2D eigenvalue weighted by molar-refractivity contribution is 6.03. The second-order valence-electron chi connectivity index (χ2n) is 8.33. The fourth-order valence-corrected chi connectivity index (χ4v) is 4.85. The van der Waals surface area contributed by atoms with E-state index in [0.29, 0.717) is 31.1 Å². The van der Waals surface area contributed by atoms with E-state index in [9.17, 15) is 9.18 Å². The van der Waals surface area contributed by atoms with E-state index < -0.39 is 42.1 Å². The molecule has 3 aliphatic rings. The monoisotopic (exact) mass is 474 g/mol. The molecular weight excluding hydrogens is 450 g/mol. The van der Waals surface area contributed by atoms with Crippen molar-refractivity contribution < 1.29 is 32.5 Å². The van der Waals surface area contributed by atoms with Gasteiger partial charge in [0.15, 0.2) is 11.5 Å². The number of pyridine rings is 1. The number of alkyl halides is 1. The summed E-state index contributed by atoms with van der Waals surface area (Å²) in [4.78, 5) is 21.2. The van der Waals surface area contributed by atoms with Gasteiger partial charge in [-0.25, -0.2) is 18.8 Å². The molecule has 11 heteroatoms. The van der Waals surface area contributed by atoms with Crippen LogP contribution in [0.15, 0.2) is 35.5 Å². The van der Waals surface area contributed by atoms with E-state index in [2.05, 4.69) is 15.3 Å². The summed E-state index contributed by atoms with van der Waals surface area (Å²) < 4.78 is 52.2. The van der Waals surface area contributed by atoms with E-state index in [-0.39, 0.29) is 29.6 Å². The van der Waals surface area contributed by atoms with Crippen molar-refractivity contribution >= 4 is 17.6 Å². The Morgan fingerprint density at radius 3 is 2.82 bits per heavy atom. The van der Waals surface area contributed by atoms with Gasteiger partial charge in [-0.1, -0.05) is 6.92 Å². The fourth-order valence-electron chi connectivity index (χ4n) is 4.85. The molecule has 1 aromatic heterocycles. The van der Waals surface area contributed by atoms with Gasteiger partial charge in [0.25, 0.3) is 11.9 Å². The normalized spacial score (nSPS) is 27.4. The topological polar surface area (TPSA) is 117 Å². The second-order valence-corrected chi connectivity index (χ2v) is 8.33. The lowest BCUT2D eigenvalue weighted by Crippen LogP contribution is -2.52. The SMILES string of the molecule is CC[C@@H]1OC[C@H]2OC(N)=N[C@](CF)(c3cc(NC(=O)c4cc5c(cn4)OCCO5)ccc3F)[C@@H]12. The third-order valence-electron chi connectivity index (χ3n) is 6.37. The number of carbonyl (C=O) groups is 1. The third kappa shape index (κ3) is 3.69.